The smallest absolute Gasteiger partial charge is 0.142 e. The summed E-state index contributed by atoms with van der Waals surface area (Å²) in [5, 5.41) is 9.37. The monoisotopic (exact) mass is 186 g/mol. The highest BCUT2D eigenvalue weighted by Gasteiger charge is 2.13. The summed E-state index contributed by atoms with van der Waals surface area (Å²) < 4.78 is 0. The number of hydrogen-bond acceptors (Lipinski definition) is 3. The van der Waals surface area contributed by atoms with E-state index in [1.807, 2.05) is 13.8 Å². The van der Waals surface area contributed by atoms with Crippen LogP contribution in [-0.4, -0.2) is 22.8 Å². The lowest BCUT2D eigenvalue weighted by Crippen LogP contribution is -2.17. The second-order valence-corrected chi connectivity index (χ2v) is 3.90. The van der Waals surface area contributed by atoms with Crippen LogP contribution in [-0.2, 0) is 9.59 Å². The zero-order valence-electron chi connectivity index (χ0n) is 8.54. The van der Waals surface area contributed by atoms with E-state index in [9.17, 15) is 14.7 Å². The number of carbonyl (C=O) groups excluding carboxylic acids is 2. The molecule has 0 aromatic heterocycles. The molecule has 0 aliphatic heterocycles. The second-order valence-electron chi connectivity index (χ2n) is 3.90. The molecule has 0 aliphatic carbocycles. The van der Waals surface area contributed by atoms with E-state index in [4.69, 9.17) is 0 Å². The number of rotatable bonds is 6. The zero-order valence-corrected chi connectivity index (χ0v) is 8.54. The Labute approximate surface area is 79.1 Å². The van der Waals surface area contributed by atoms with Gasteiger partial charge in [-0.3, -0.25) is 9.59 Å². The third-order valence-electron chi connectivity index (χ3n) is 1.65. The van der Waals surface area contributed by atoms with Crippen LogP contribution in [0.15, 0.2) is 0 Å². The summed E-state index contributed by atoms with van der Waals surface area (Å²) in [4.78, 5) is 21.6. The van der Waals surface area contributed by atoms with Crippen molar-refractivity contribution in [3.63, 3.8) is 0 Å². The predicted molar refractivity (Wildman–Crippen MR) is 50.4 cm³/mol. The summed E-state index contributed by atoms with van der Waals surface area (Å²) in [6, 6.07) is 0. The van der Waals surface area contributed by atoms with Gasteiger partial charge in [0.25, 0.3) is 0 Å². The van der Waals surface area contributed by atoms with Gasteiger partial charge in [-0.15, -0.1) is 0 Å². The standard InChI is InChI=1S/C10H18O3/c1-7(2)4-9(12)6-10(13)5-8(3)11/h7,9,12H,4-6H2,1-3H3. The summed E-state index contributed by atoms with van der Waals surface area (Å²) in [5.74, 6) is 0.0718. The van der Waals surface area contributed by atoms with Gasteiger partial charge < -0.3 is 5.11 Å². The van der Waals surface area contributed by atoms with Gasteiger partial charge in [0.1, 0.15) is 11.6 Å². The minimum atomic E-state index is -0.591. The van der Waals surface area contributed by atoms with Crippen molar-refractivity contribution in [3.05, 3.63) is 0 Å². The molecule has 0 aromatic rings. The molecule has 1 unspecified atom stereocenters. The maximum Gasteiger partial charge on any atom is 0.142 e. The Hall–Kier alpha value is -0.700. The van der Waals surface area contributed by atoms with Gasteiger partial charge in [-0.05, 0) is 19.3 Å². The SMILES string of the molecule is CC(=O)CC(=O)CC(O)CC(C)C. The van der Waals surface area contributed by atoms with Gasteiger partial charge >= 0.3 is 0 Å². The molecule has 0 aromatic carbocycles. The van der Waals surface area contributed by atoms with E-state index >= 15 is 0 Å². The number of hydrogen-bond donors (Lipinski definition) is 1. The van der Waals surface area contributed by atoms with Gasteiger partial charge in [0, 0.05) is 6.42 Å². The van der Waals surface area contributed by atoms with Crippen molar-refractivity contribution in [2.24, 2.45) is 5.92 Å². The maximum absolute atomic E-state index is 11.1. The Bertz CT molecular complexity index is 185. The van der Waals surface area contributed by atoms with Crippen LogP contribution in [0.4, 0.5) is 0 Å². The Morgan fingerprint density at radius 1 is 1.31 bits per heavy atom. The summed E-state index contributed by atoms with van der Waals surface area (Å²) in [6.45, 7) is 5.35. The molecule has 0 fully saturated rings. The van der Waals surface area contributed by atoms with E-state index in [0.29, 0.717) is 12.3 Å². The van der Waals surface area contributed by atoms with Crippen LogP contribution in [0.3, 0.4) is 0 Å². The first-order chi connectivity index (χ1) is 5.91. The van der Waals surface area contributed by atoms with Crippen molar-refractivity contribution in [2.45, 2.75) is 46.1 Å². The number of ketones is 2. The Morgan fingerprint density at radius 3 is 2.23 bits per heavy atom. The molecule has 1 atom stereocenters. The van der Waals surface area contributed by atoms with Gasteiger partial charge in [0.05, 0.1) is 12.5 Å². The highest BCUT2D eigenvalue weighted by Crippen LogP contribution is 2.08. The highest BCUT2D eigenvalue weighted by atomic mass is 16.3. The van der Waals surface area contributed by atoms with E-state index < -0.39 is 6.10 Å². The number of carbonyl (C=O) groups is 2. The molecular formula is C10H18O3. The molecule has 3 heteroatoms. The van der Waals surface area contributed by atoms with Crippen molar-refractivity contribution in [1.82, 2.24) is 0 Å². The van der Waals surface area contributed by atoms with Crippen LogP contribution >= 0.6 is 0 Å². The Morgan fingerprint density at radius 2 is 1.85 bits per heavy atom. The topological polar surface area (TPSA) is 54.4 Å². The summed E-state index contributed by atoms with van der Waals surface area (Å²) in [7, 11) is 0. The predicted octanol–water partition coefficient (Wildman–Crippen LogP) is 1.33. The number of aliphatic hydroxyl groups is 1. The lowest BCUT2D eigenvalue weighted by atomic mass is 10.0. The van der Waals surface area contributed by atoms with Crippen molar-refractivity contribution >= 4 is 11.6 Å². The highest BCUT2D eigenvalue weighted by molar-refractivity contribution is 5.98. The fraction of sp³-hybridized carbons (Fsp3) is 0.800. The summed E-state index contributed by atoms with van der Waals surface area (Å²) in [6.07, 6.45) is 0.0863. The Kier molecular flexibility index (Phi) is 5.55. The number of aliphatic hydroxyl groups excluding tert-OH is 1. The molecule has 0 aliphatic rings. The lowest BCUT2D eigenvalue weighted by Gasteiger charge is -2.11. The van der Waals surface area contributed by atoms with Crippen LogP contribution in [0.2, 0.25) is 0 Å². The van der Waals surface area contributed by atoms with Gasteiger partial charge in [-0.1, -0.05) is 13.8 Å². The summed E-state index contributed by atoms with van der Waals surface area (Å²) in [5.41, 5.74) is 0. The molecule has 0 saturated carbocycles. The van der Waals surface area contributed by atoms with Crippen LogP contribution < -0.4 is 0 Å². The first-order valence-corrected chi connectivity index (χ1v) is 4.61. The van der Waals surface area contributed by atoms with Crippen LogP contribution in [0, 0.1) is 5.92 Å². The quantitative estimate of drug-likeness (QED) is 0.637. The lowest BCUT2D eigenvalue weighted by molar-refractivity contribution is -0.127. The molecule has 0 rings (SSSR count). The average molecular weight is 186 g/mol. The van der Waals surface area contributed by atoms with Crippen molar-refractivity contribution in [2.75, 3.05) is 0 Å². The summed E-state index contributed by atoms with van der Waals surface area (Å²) >= 11 is 0. The van der Waals surface area contributed by atoms with Crippen molar-refractivity contribution in [1.29, 1.82) is 0 Å². The van der Waals surface area contributed by atoms with Crippen LogP contribution in [0.5, 0.6) is 0 Å². The molecule has 0 amide bonds. The van der Waals surface area contributed by atoms with E-state index in [1.54, 1.807) is 0 Å². The van der Waals surface area contributed by atoms with Gasteiger partial charge in [-0.25, -0.2) is 0 Å². The maximum atomic E-state index is 11.1. The van der Waals surface area contributed by atoms with E-state index in [0.717, 1.165) is 0 Å². The fourth-order valence-corrected chi connectivity index (χ4v) is 1.24. The minimum absolute atomic E-state index is 0.0465. The average Bonchev–Trinajstić information content (AvgIpc) is 1.80. The third-order valence-corrected chi connectivity index (χ3v) is 1.65. The molecule has 3 nitrogen and oxygen atoms in total. The van der Waals surface area contributed by atoms with Gasteiger partial charge in [-0.2, -0.15) is 0 Å². The molecule has 13 heavy (non-hydrogen) atoms. The molecular weight excluding hydrogens is 168 g/mol. The zero-order chi connectivity index (χ0) is 10.4. The van der Waals surface area contributed by atoms with E-state index in [1.165, 1.54) is 6.92 Å². The van der Waals surface area contributed by atoms with Gasteiger partial charge in [0.2, 0.25) is 0 Å². The molecule has 0 heterocycles. The largest absolute Gasteiger partial charge is 0.393 e. The Balaban J connectivity index is 3.71. The van der Waals surface area contributed by atoms with Gasteiger partial charge in [0.15, 0.2) is 0 Å². The van der Waals surface area contributed by atoms with E-state index in [2.05, 4.69) is 0 Å². The normalized spacial score (nSPS) is 13.0. The minimum Gasteiger partial charge on any atom is -0.393 e. The van der Waals surface area contributed by atoms with Crippen LogP contribution in [0.1, 0.15) is 40.0 Å². The van der Waals surface area contributed by atoms with Crippen molar-refractivity contribution < 1.29 is 14.7 Å². The van der Waals surface area contributed by atoms with Crippen LogP contribution in [0.25, 0.3) is 0 Å². The third kappa shape index (κ3) is 7.65. The first-order valence-electron chi connectivity index (χ1n) is 4.61. The van der Waals surface area contributed by atoms with Crippen molar-refractivity contribution in [3.8, 4) is 0 Å². The molecule has 0 saturated heterocycles. The first kappa shape index (κ1) is 12.3. The number of Topliss-reactive ketones (excluding diaryl/α,β-unsaturated/α-hetero) is 2. The molecule has 1 N–H and O–H groups in total. The molecule has 0 radical (unpaired) electrons. The molecule has 0 bridgehead atoms. The van der Waals surface area contributed by atoms with E-state index in [-0.39, 0.29) is 24.4 Å². The molecule has 0 spiro atoms. The molecule has 76 valence electrons. The second kappa shape index (κ2) is 5.86. The fourth-order valence-electron chi connectivity index (χ4n) is 1.24.